The van der Waals surface area contributed by atoms with Crippen LogP contribution in [0.15, 0.2) is 48.5 Å². The summed E-state index contributed by atoms with van der Waals surface area (Å²) < 4.78 is 18.5. The highest BCUT2D eigenvalue weighted by Crippen LogP contribution is 2.14. The van der Waals surface area contributed by atoms with Crippen LogP contribution in [-0.2, 0) is 17.8 Å². The van der Waals surface area contributed by atoms with Gasteiger partial charge in [0, 0.05) is 13.6 Å². The second-order valence-electron chi connectivity index (χ2n) is 5.13. The van der Waals surface area contributed by atoms with Gasteiger partial charge in [-0.2, -0.15) is 0 Å². The lowest BCUT2D eigenvalue weighted by Gasteiger charge is -2.17. The molecule has 0 saturated carbocycles. The number of ether oxygens (including phenoxy) is 1. The molecule has 0 N–H and O–H groups in total. The summed E-state index contributed by atoms with van der Waals surface area (Å²) in [5, 5.41) is 0. The minimum absolute atomic E-state index is 0.0421. The van der Waals surface area contributed by atoms with Crippen LogP contribution in [0.2, 0.25) is 0 Å². The van der Waals surface area contributed by atoms with Crippen molar-refractivity contribution >= 4 is 5.91 Å². The van der Waals surface area contributed by atoms with Crippen molar-refractivity contribution in [3.63, 3.8) is 0 Å². The number of likely N-dealkylation sites (N-methyl/N-ethyl adjacent to an activating group) is 1. The minimum Gasteiger partial charge on any atom is -0.494 e. The lowest BCUT2D eigenvalue weighted by atomic mass is 10.1. The first kappa shape index (κ1) is 16.0. The maximum absolute atomic E-state index is 13.1. The van der Waals surface area contributed by atoms with Crippen molar-refractivity contribution < 1.29 is 13.9 Å². The van der Waals surface area contributed by atoms with Gasteiger partial charge in [-0.3, -0.25) is 4.79 Å². The third-order valence-electron chi connectivity index (χ3n) is 3.32. The zero-order chi connectivity index (χ0) is 15.9. The molecule has 2 aromatic carbocycles. The number of amides is 1. The molecule has 0 aromatic heterocycles. The molecule has 0 heterocycles. The van der Waals surface area contributed by atoms with Crippen molar-refractivity contribution in [1.29, 1.82) is 0 Å². The second-order valence-corrected chi connectivity index (χ2v) is 5.13. The summed E-state index contributed by atoms with van der Waals surface area (Å²) in [5.41, 5.74) is 1.71. The van der Waals surface area contributed by atoms with E-state index in [-0.39, 0.29) is 18.1 Å². The highest BCUT2D eigenvalue weighted by Gasteiger charge is 2.10. The highest BCUT2D eigenvalue weighted by atomic mass is 19.1. The largest absolute Gasteiger partial charge is 0.494 e. The Bertz CT molecular complexity index is 625. The number of hydrogen-bond donors (Lipinski definition) is 0. The van der Waals surface area contributed by atoms with Crippen molar-refractivity contribution in [3.8, 4) is 5.75 Å². The predicted octanol–water partition coefficient (Wildman–Crippen LogP) is 3.43. The van der Waals surface area contributed by atoms with Crippen LogP contribution in [0, 0.1) is 5.82 Å². The normalized spacial score (nSPS) is 10.3. The quantitative estimate of drug-likeness (QED) is 0.818. The molecule has 0 aliphatic rings. The van der Waals surface area contributed by atoms with Gasteiger partial charge in [0.1, 0.15) is 11.6 Å². The molecule has 0 fully saturated rings. The van der Waals surface area contributed by atoms with E-state index >= 15 is 0 Å². The average molecular weight is 301 g/mol. The Balaban J connectivity index is 1.93. The molecular formula is C18H20FNO2. The Labute approximate surface area is 130 Å². The Morgan fingerprint density at radius 2 is 1.86 bits per heavy atom. The number of carbonyl (C=O) groups is 1. The van der Waals surface area contributed by atoms with E-state index in [1.54, 1.807) is 24.1 Å². The number of carbonyl (C=O) groups excluding carboxylic acids is 1. The van der Waals surface area contributed by atoms with Gasteiger partial charge < -0.3 is 9.64 Å². The van der Waals surface area contributed by atoms with Gasteiger partial charge in [0.2, 0.25) is 5.91 Å². The molecule has 0 radical (unpaired) electrons. The number of nitrogens with zero attached hydrogens (tertiary/aromatic N) is 1. The van der Waals surface area contributed by atoms with Gasteiger partial charge in [-0.05, 0) is 42.3 Å². The molecule has 2 aromatic rings. The van der Waals surface area contributed by atoms with Gasteiger partial charge in [-0.1, -0.05) is 24.3 Å². The van der Waals surface area contributed by atoms with Crippen LogP contribution >= 0.6 is 0 Å². The van der Waals surface area contributed by atoms with Crippen molar-refractivity contribution in [1.82, 2.24) is 4.90 Å². The van der Waals surface area contributed by atoms with Gasteiger partial charge in [0.05, 0.1) is 13.0 Å². The summed E-state index contributed by atoms with van der Waals surface area (Å²) in [6.45, 7) is 3.08. The van der Waals surface area contributed by atoms with E-state index in [0.29, 0.717) is 18.7 Å². The van der Waals surface area contributed by atoms with Crippen LogP contribution in [0.4, 0.5) is 4.39 Å². The molecule has 1 amide bonds. The smallest absolute Gasteiger partial charge is 0.227 e. The summed E-state index contributed by atoms with van der Waals surface area (Å²) in [5.74, 6) is 0.457. The van der Waals surface area contributed by atoms with Crippen LogP contribution in [0.5, 0.6) is 5.75 Å². The third-order valence-corrected chi connectivity index (χ3v) is 3.32. The molecule has 0 aliphatic heterocycles. The fraction of sp³-hybridized carbons (Fsp3) is 0.278. The fourth-order valence-corrected chi connectivity index (χ4v) is 2.18. The molecule has 0 unspecified atom stereocenters. The molecule has 4 heteroatoms. The lowest BCUT2D eigenvalue weighted by Crippen LogP contribution is -2.27. The summed E-state index contributed by atoms with van der Waals surface area (Å²) in [7, 11) is 1.75. The first-order valence-corrected chi connectivity index (χ1v) is 7.28. The average Bonchev–Trinajstić information content (AvgIpc) is 2.49. The standard InChI is InChI=1S/C18H20FNO2/c1-3-22-17-9-7-14(8-10-17)13-20(2)18(21)12-15-5-4-6-16(19)11-15/h4-11H,3,12-13H2,1-2H3. The molecule has 0 bridgehead atoms. The van der Waals surface area contributed by atoms with Crippen molar-refractivity contribution in [2.75, 3.05) is 13.7 Å². The van der Waals surface area contributed by atoms with E-state index in [4.69, 9.17) is 4.74 Å². The number of halogens is 1. The SMILES string of the molecule is CCOc1ccc(CN(C)C(=O)Cc2cccc(F)c2)cc1. The second kappa shape index (κ2) is 7.59. The maximum Gasteiger partial charge on any atom is 0.227 e. The van der Waals surface area contributed by atoms with E-state index in [1.165, 1.54) is 12.1 Å². The van der Waals surface area contributed by atoms with Crippen LogP contribution in [0.25, 0.3) is 0 Å². The summed E-state index contributed by atoms with van der Waals surface area (Å²) in [6.07, 6.45) is 0.200. The Hall–Kier alpha value is -2.36. The predicted molar refractivity (Wildman–Crippen MR) is 84.2 cm³/mol. The molecule has 22 heavy (non-hydrogen) atoms. The van der Waals surface area contributed by atoms with Crippen molar-refractivity contribution in [2.24, 2.45) is 0 Å². The van der Waals surface area contributed by atoms with Crippen LogP contribution in [0.1, 0.15) is 18.1 Å². The molecule has 116 valence electrons. The number of benzene rings is 2. The lowest BCUT2D eigenvalue weighted by molar-refractivity contribution is -0.129. The topological polar surface area (TPSA) is 29.5 Å². The van der Waals surface area contributed by atoms with Gasteiger partial charge in [-0.15, -0.1) is 0 Å². The molecule has 0 aliphatic carbocycles. The van der Waals surface area contributed by atoms with E-state index in [2.05, 4.69) is 0 Å². The molecule has 0 spiro atoms. The zero-order valence-electron chi connectivity index (χ0n) is 12.9. The highest BCUT2D eigenvalue weighted by molar-refractivity contribution is 5.78. The summed E-state index contributed by atoms with van der Waals surface area (Å²) >= 11 is 0. The first-order chi connectivity index (χ1) is 10.6. The Morgan fingerprint density at radius 3 is 2.50 bits per heavy atom. The van der Waals surface area contributed by atoms with E-state index in [1.807, 2.05) is 31.2 Å². The van der Waals surface area contributed by atoms with Gasteiger partial charge in [0.15, 0.2) is 0 Å². The van der Waals surface area contributed by atoms with Crippen molar-refractivity contribution in [3.05, 3.63) is 65.5 Å². The zero-order valence-corrected chi connectivity index (χ0v) is 12.9. The van der Waals surface area contributed by atoms with E-state index in [9.17, 15) is 9.18 Å². The van der Waals surface area contributed by atoms with E-state index < -0.39 is 0 Å². The number of hydrogen-bond acceptors (Lipinski definition) is 2. The van der Waals surface area contributed by atoms with E-state index in [0.717, 1.165) is 11.3 Å². The van der Waals surface area contributed by atoms with Crippen LogP contribution in [-0.4, -0.2) is 24.5 Å². The van der Waals surface area contributed by atoms with Gasteiger partial charge in [0.25, 0.3) is 0 Å². The Kier molecular flexibility index (Phi) is 5.53. The van der Waals surface area contributed by atoms with Crippen LogP contribution in [0.3, 0.4) is 0 Å². The fourth-order valence-electron chi connectivity index (χ4n) is 2.18. The molecule has 3 nitrogen and oxygen atoms in total. The van der Waals surface area contributed by atoms with Crippen LogP contribution < -0.4 is 4.74 Å². The van der Waals surface area contributed by atoms with Gasteiger partial charge in [-0.25, -0.2) is 4.39 Å². The first-order valence-electron chi connectivity index (χ1n) is 7.28. The summed E-state index contributed by atoms with van der Waals surface area (Å²) in [6, 6.07) is 13.8. The number of rotatable bonds is 6. The minimum atomic E-state index is -0.320. The van der Waals surface area contributed by atoms with Gasteiger partial charge >= 0.3 is 0 Å². The molecule has 2 rings (SSSR count). The Morgan fingerprint density at radius 1 is 1.14 bits per heavy atom. The van der Waals surface area contributed by atoms with Crippen molar-refractivity contribution in [2.45, 2.75) is 19.9 Å². The molecule has 0 saturated heterocycles. The maximum atomic E-state index is 13.1. The third kappa shape index (κ3) is 4.58. The monoisotopic (exact) mass is 301 g/mol. The molecular weight excluding hydrogens is 281 g/mol. The molecule has 0 atom stereocenters. The summed E-state index contributed by atoms with van der Waals surface area (Å²) in [4.78, 5) is 13.8.